The highest BCUT2D eigenvalue weighted by Crippen LogP contribution is 2.33. The number of carbonyl (C=O) groups excluding carboxylic acids is 1. The summed E-state index contributed by atoms with van der Waals surface area (Å²) in [6, 6.07) is 11.2. The van der Waals surface area contributed by atoms with Crippen molar-refractivity contribution in [1.29, 1.82) is 0 Å². The van der Waals surface area contributed by atoms with E-state index in [9.17, 15) is 18.0 Å². The number of nitrogens with one attached hydrogen (secondary N) is 1. The molecule has 1 heterocycles. The fourth-order valence-electron chi connectivity index (χ4n) is 2.45. The average Bonchev–Trinajstić information content (AvgIpc) is 3.13. The Kier molecular flexibility index (Phi) is 6.58. The Bertz CT molecular complexity index is 1160. The van der Waals surface area contributed by atoms with Crippen molar-refractivity contribution in [2.45, 2.75) is 25.6 Å². The molecule has 1 amide bonds. The number of alkyl halides is 3. The number of aromatic nitrogens is 1. The molecule has 0 aliphatic rings. The molecule has 4 nitrogen and oxygen atoms in total. The molecule has 0 radical (unpaired) electrons. The molecule has 160 valence electrons. The zero-order valence-electron chi connectivity index (χ0n) is 16.4. The number of amides is 1. The van der Waals surface area contributed by atoms with E-state index < -0.39 is 17.3 Å². The number of rotatable bonds is 4. The largest absolute Gasteiger partial charge is 0.431 e. The van der Waals surface area contributed by atoms with Gasteiger partial charge in [0.15, 0.2) is 0 Å². The molecule has 0 saturated heterocycles. The van der Waals surface area contributed by atoms with Crippen molar-refractivity contribution in [2.24, 2.45) is 0 Å². The summed E-state index contributed by atoms with van der Waals surface area (Å²) in [5.41, 5.74) is -1.34. The van der Waals surface area contributed by atoms with Crippen LogP contribution in [0.25, 0.3) is 0 Å². The van der Waals surface area contributed by atoms with Crippen molar-refractivity contribution in [2.75, 3.05) is 0 Å². The van der Waals surface area contributed by atoms with Gasteiger partial charge in [0.25, 0.3) is 11.1 Å². The van der Waals surface area contributed by atoms with Gasteiger partial charge in [-0.05, 0) is 44.2 Å². The van der Waals surface area contributed by atoms with Crippen LogP contribution in [-0.4, -0.2) is 16.4 Å². The van der Waals surface area contributed by atoms with Gasteiger partial charge in [0.1, 0.15) is 10.6 Å². The van der Waals surface area contributed by atoms with Crippen LogP contribution < -0.4 is 10.1 Å². The van der Waals surface area contributed by atoms with E-state index in [0.717, 1.165) is 23.5 Å². The Morgan fingerprint density at radius 2 is 1.90 bits per heavy atom. The molecule has 0 fully saturated rings. The standard InChI is InChI=1S/C22H16ClF3N2O2S/c1-21(2,28-19(29)17-8-3-4-9-18(17)23)11-10-16-13-27-20(31-16)30-15-7-5-6-14(12-15)22(24,25)26/h3-9,12-13H,1-2H3,(H,28,29). The second-order valence-electron chi connectivity index (χ2n) is 6.93. The van der Waals surface area contributed by atoms with Crippen LogP contribution in [-0.2, 0) is 6.18 Å². The van der Waals surface area contributed by atoms with E-state index in [4.69, 9.17) is 16.3 Å². The molecule has 0 unspecified atom stereocenters. The van der Waals surface area contributed by atoms with Gasteiger partial charge in [-0.25, -0.2) is 4.98 Å². The number of halogens is 4. The van der Waals surface area contributed by atoms with Gasteiger partial charge in [0.05, 0.1) is 27.9 Å². The van der Waals surface area contributed by atoms with Gasteiger partial charge in [-0.15, -0.1) is 0 Å². The maximum Gasteiger partial charge on any atom is 0.416 e. The zero-order chi connectivity index (χ0) is 22.6. The fraction of sp³-hybridized carbons (Fsp3) is 0.182. The summed E-state index contributed by atoms with van der Waals surface area (Å²) in [6.45, 7) is 3.46. The molecule has 3 rings (SSSR count). The molecule has 0 saturated carbocycles. The zero-order valence-corrected chi connectivity index (χ0v) is 18.0. The summed E-state index contributed by atoms with van der Waals surface area (Å²) in [4.78, 5) is 17.0. The number of hydrogen-bond acceptors (Lipinski definition) is 4. The summed E-state index contributed by atoms with van der Waals surface area (Å²) >= 11 is 7.12. The Labute approximate surface area is 186 Å². The molecule has 1 N–H and O–H groups in total. The predicted molar refractivity (Wildman–Crippen MR) is 114 cm³/mol. The summed E-state index contributed by atoms with van der Waals surface area (Å²) < 4.78 is 43.9. The second kappa shape index (κ2) is 9.00. The third kappa shape index (κ3) is 6.23. The highest BCUT2D eigenvalue weighted by molar-refractivity contribution is 7.13. The topological polar surface area (TPSA) is 51.2 Å². The lowest BCUT2D eigenvalue weighted by Crippen LogP contribution is -2.42. The SMILES string of the molecule is CC(C)(C#Cc1cnc(Oc2cccc(C(F)(F)F)c2)s1)NC(=O)c1ccccc1Cl. The number of benzene rings is 2. The first kappa shape index (κ1) is 22.7. The molecular weight excluding hydrogens is 449 g/mol. The van der Waals surface area contributed by atoms with E-state index in [-0.39, 0.29) is 16.9 Å². The predicted octanol–water partition coefficient (Wildman–Crippen LogP) is 6.17. The first-order chi connectivity index (χ1) is 14.5. The van der Waals surface area contributed by atoms with Gasteiger partial charge in [-0.1, -0.05) is 53.0 Å². The van der Waals surface area contributed by atoms with Crippen molar-refractivity contribution in [3.05, 3.63) is 75.8 Å². The van der Waals surface area contributed by atoms with Crippen molar-refractivity contribution >= 4 is 28.8 Å². The number of carbonyl (C=O) groups is 1. The van der Waals surface area contributed by atoms with Gasteiger partial charge in [-0.3, -0.25) is 4.79 Å². The van der Waals surface area contributed by atoms with E-state index >= 15 is 0 Å². The summed E-state index contributed by atoms with van der Waals surface area (Å²) in [6.07, 6.45) is -3.01. The van der Waals surface area contributed by atoms with Crippen LogP contribution in [0.15, 0.2) is 54.7 Å². The van der Waals surface area contributed by atoms with Crippen LogP contribution in [0, 0.1) is 11.8 Å². The van der Waals surface area contributed by atoms with Crippen LogP contribution in [0.3, 0.4) is 0 Å². The van der Waals surface area contributed by atoms with Crippen molar-refractivity contribution in [3.63, 3.8) is 0 Å². The highest BCUT2D eigenvalue weighted by atomic mass is 35.5. The number of hydrogen-bond donors (Lipinski definition) is 1. The molecule has 0 aliphatic carbocycles. The fourth-order valence-corrected chi connectivity index (χ4v) is 3.31. The van der Waals surface area contributed by atoms with Gasteiger partial charge in [0, 0.05) is 0 Å². The normalized spacial score (nSPS) is 11.4. The Hall–Kier alpha value is -3.02. The van der Waals surface area contributed by atoms with Crippen LogP contribution in [0.1, 0.15) is 34.6 Å². The molecule has 0 bridgehead atoms. The summed E-state index contributed by atoms with van der Waals surface area (Å²) in [5.74, 6) is 5.50. The summed E-state index contributed by atoms with van der Waals surface area (Å²) in [5, 5.41) is 3.29. The summed E-state index contributed by atoms with van der Waals surface area (Å²) in [7, 11) is 0. The van der Waals surface area contributed by atoms with Crippen LogP contribution >= 0.6 is 22.9 Å². The average molecular weight is 465 g/mol. The van der Waals surface area contributed by atoms with Crippen LogP contribution in [0.5, 0.6) is 10.9 Å². The lowest BCUT2D eigenvalue weighted by molar-refractivity contribution is -0.137. The van der Waals surface area contributed by atoms with Crippen molar-refractivity contribution in [1.82, 2.24) is 10.3 Å². The molecule has 0 atom stereocenters. The van der Waals surface area contributed by atoms with Crippen LogP contribution in [0.2, 0.25) is 5.02 Å². The van der Waals surface area contributed by atoms with E-state index in [0.29, 0.717) is 15.5 Å². The number of nitrogens with zero attached hydrogens (tertiary/aromatic N) is 1. The molecule has 2 aromatic carbocycles. The number of thiazole rings is 1. The first-order valence-corrected chi connectivity index (χ1v) is 10.1. The first-order valence-electron chi connectivity index (χ1n) is 8.95. The molecule has 1 aromatic heterocycles. The lowest BCUT2D eigenvalue weighted by atomic mass is 10.1. The van der Waals surface area contributed by atoms with Crippen molar-refractivity contribution < 1.29 is 22.7 Å². The maximum atomic E-state index is 12.8. The molecule has 31 heavy (non-hydrogen) atoms. The maximum absolute atomic E-state index is 12.8. The highest BCUT2D eigenvalue weighted by Gasteiger charge is 2.30. The minimum absolute atomic E-state index is 0.0241. The minimum atomic E-state index is -4.46. The van der Waals surface area contributed by atoms with E-state index in [1.807, 2.05) is 0 Å². The third-order valence-corrected chi connectivity index (χ3v) is 5.01. The van der Waals surface area contributed by atoms with E-state index in [1.165, 1.54) is 18.3 Å². The molecule has 0 aliphatic heterocycles. The van der Waals surface area contributed by atoms with Crippen LogP contribution in [0.4, 0.5) is 13.2 Å². The Morgan fingerprint density at radius 1 is 1.16 bits per heavy atom. The smallest absolute Gasteiger partial charge is 0.416 e. The molecule has 3 aromatic rings. The van der Waals surface area contributed by atoms with Gasteiger partial charge in [0.2, 0.25) is 0 Å². The number of ether oxygens (including phenoxy) is 1. The molecule has 9 heteroatoms. The quantitative estimate of drug-likeness (QED) is 0.470. The Morgan fingerprint density at radius 3 is 2.61 bits per heavy atom. The second-order valence-corrected chi connectivity index (χ2v) is 8.33. The monoisotopic (exact) mass is 464 g/mol. The minimum Gasteiger partial charge on any atom is -0.431 e. The van der Waals surface area contributed by atoms with E-state index in [2.05, 4.69) is 22.1 Å². The van der Waals surface area contributed by atoms with Gasteiger partial charge in [-0.2, -0.15) is 13.2 Å². The van der Waals surface area contributed by atoms with Crippen molar-refractivity contribution in [3.8, 4) is 22.8 Å². The van der Waals surface area contributed by atoms with E-state index in [1.54, 1.807) is 38.1 Å². The Balaban J connectivity index is 1.69. The third-order valence-electron chi connectivity index (χ3n) is 3.89. The van der Waals surface area contributed by atoms with Gasteiger partial charge < -0.3 is 10.1 Å². The lowest BCUT2D eigenvalue weighted by Gasteiger charge is -2.20. The molecule has 0 spiro atoms. The molecular formula is C22H16ClF3N2O2S. The van der Waals surface area contributed by atoms with Gasteiger partial charge >= 0.3 is 6.18 Å².